The molecule has 15 heavy (non-hydrogen) atoms. The Bertz CT molecular complexity index is 372. The molecule has 0 amide bonds. The monoisotopic (exact) mass is 211 g/mol. The van der Waals surface area contributed by atoms with Crippen LogP contribution >= 0.6 is 0 Å². The SMILES string of the molecule is Cc1cc(F)c(C(C)NC2CC2)cc1F. The van der Waals surface area contributed by atoms with Gasteiger partial charge in [0, 0.05) is 17.6 Å². The van der Waals surface area contributed by atoms with Gasteiger partial charge in [0.25, 0.3) is 0 Å². The Balaban J connectivity index is 2.21. The van der Waals surface area contributed by atoms with E-state index in [1.54, 1.807) is 6.92 Å². The predicted molar refractivity (Wildman–Crippen MR) is 55.7 cm³/mol. The van der Waals surface area contributed by atoms with Crippen molar-refractivity contribution in [2.75, 3.05) is 0 Å². The highest BCUT2D eigenvalue weighted by atomic mass is 19.1. The summed E-state index contributed by atoms with van der Waals surface area (Å²) in [6.45, 7) is 3.44. The first-order valence-electron chi connectivity index (χ1n) is 5.29. The molecule has 1 nitrogen and oxygen atoms in total. The summed E-state index contributed by atoms with van der Waals surface area (Å²) in [7, 11) is 0. The van der Waals surface area contributed by atoms with Crippen LogP contribution in [0.3, 0.4) is 0 Å². The van der Waals surface area contributed by atoms with E-state index in [0.29, 0.717) is 17.2 Å². The smallest absolute Gasteiger partial charge is 0.128 e. The van der Waals surface area contributed by atoms with Crippen LogP contribution in [0.2, 0.25) is 0 Å². The van der Waals surface area contributed by atoms with E-state index in [-0.39, 0.29) is 17.7 Å². The van der Waals surface area contributed by atoms with Crippen LogP contribution < -0.4 is 5.32 Å². The quantitative estimate of drug-likeness (QED) is 0.810. The normalized spacial score (nSPS) is 17.9. The molecule has 1 aliphatic carbocycles. The molecule has 1 saturated carbocycles. The number of aryl methyl sites for hydroxylation is 1. The Morgan fingerprint density at radius 1 is 1.27 bits per heavy atom. The molecule has 2 rings (SSSR count). The molecule has 0 saturated heterocycles. The highest BCUT2D eigenvalue weighted by Crippen LogP contribution is 2.26. The number of rotatable bonds is 3. The van der Waals surface area contributed by atoms with Crippen LogP contribution in [0.25, 0.3) is 0 Å². The second kappa shape index (κ2) is 3.89. The van der Waals surface area contributed by atoms with Gasteiger partial charge in [-0.1, -0.05) is 0 Å². The number of halogens is 2. The van der Waals surface area contributed by atoms with Crippen molar-refractivity contribution < 1.29 is 8.78 Å². The van der Waals surface area contributed by atoms with Crippen LogP contribution in [-0.4, -0.2) is 6.04 Å². The number of hydrogen-bond donors (Lipinski definition) is 1. The molecule has 0 heterocycles. The van der Waals surface area contributed by atoms with Crippen LogP contribution in [-0.2, 0) is 0 Å². The summed E-state index contributed by atoms with van der Waals surface area (Å²) >= 11 is 0. The predicted octanol–water partition coefficient (Wildman–Crippen LogP) is 3.09. The van der Waals surface area contributed by atoms with Gasteiger partial charge in [-0.05, 0) is 44.4 Å². The fourth-order valence-electron chi connectivity index (χ4n) is 1.69. The van der Waals surface area contributed by atoms with Crippen LogP contribution in [0.1, 0.15) is 36.9 Å². The molecule has 1 aliphatic rings. The lowest BCUT2D eigenvalue weighted by atomic mass is 10.0. The van der Waals surface area contributed by atoms with Crippen LogP contribution in [0.5, 0.6) is 0 Å². The van der Waals surface area contributed by atoms with Gasteiger partial charge in [-0.2, -0.15) is 0 Å². The zero-order chi connectivity index (χ0) is 11.0. The van der Waals surface area contributed by atoms with E-state index in [1.165, 1.54) is 12.1 Å². The first-order chi connectivity index (χ1) is 7.08. The van der Waals surface area contributed by atoms with E-state index in [0.717, 1.165) is 12.8 Å². The van der Waals surface area contributed by atoms with Crippen molar-refractivity contribution >= 4 is 0 Å². The summed E-state index contributed by atoms with van der Waals surface area (Å²) in [4.78, 5) is 0. The van der Waals surface area contributed by atoms with Crippen molar-refractivity contribution in [3.8, 4) is 0 Å². The summed E-state index contributed by atoms with van der Waals surface area (Å²) in [5.74, 6) is -0.662. The zero-order valence-electron chi connectivity index (χ0n) is 8.98. The van der Waals surface area contributed by atoms with Gasteiger partial charge in [0.1, 0.15) is 11.6 Å². The summed E-state index contributed by atoms with van der Waals surface area (Å²) < 4.78 is 26.8. The number of nitrogens with one attached hydrogen (secondary N) is 1. The van der Waals surface area contributed by atoms with E-state index < -0.39 is 0 Å². The molecule has 0 aromatic heterocycles. The minimum absolute atomic E-state index is 0.118. The van der Waals surface area contributed by atoms with E-state index in [1.807, 2.05) is 6.92 Å². The lowest BCUT2D eigenvalue weighted by Gasteiger charge is -2.15. The highest BCUT2D eigenvalue weighted by molar-refractivity contribution is 5.27. The van der Waals surface area contributed by atoms with Gasteiger partial charge in [0.05, 0.1) is 0 Å². The Morgan fingerprint density at radius 2 is 1.93 bits per heavy atom. The molecule has 3 heteroatoms. The average molecular weight is 211 g/mol. The minimum atomic E-state index is -0.337. The summed E-state index contributed by atoms with van der Waals surface area (Å²) in [5.41, 5.74) is 0.778. The molecular formula is C12H15F2N. The number of benzene rings is 1. The van der Waals surface area contributed by atoms with Gasteiger partial charge in [-0.25, -0.2) is 8.78 Å². The average Bonchev–Trinajstić information content (AvgIpc) is 2.95. The molecule has 0 spiro atoms. The molecule has 0 aliphatic heterocycles. The lowest BCUT2D eigenvalue weighted by Crippen LogP contribution is -2.21. The van der Waals surface area contributed by atoms with Crippen molar-refractivity contribution in [3.63, 3.8) is 0 Å². The topological polar surface area (TPSA) is 12.0 Å². The maximum Gasteiger partial charge on any atom is 0.128 e. The van der Waals surface area contributed by atoms with Crippen molar-refractivity contribution in [1.29, 1.82) is 0 Å². The van der Waals surface area contributed by atoms with Crippen molar-refractivity contribution in [2.24, 2.45) is 0 Å². The molecule has 1 unspecified atom stereocenters. The Labute approximate surface area is 88.5 Å². The summed E-state index contributed by atoms with van der Waals surface area (Å²) in [6, 6.07) is 2.93. The molecule has 0 radical (unpaired) electrons. The van der Waals surface area contributed by atoms with Crippen molar-refractivity contribution in [3.05, 3.63) is 34.9 Å². The zero-order valence-corrected chi connectivity index (χ0v) is 8.98. The standard InChI is InChI=1S/C12H15F2N/c1-7-5-12(14)10(6-11(7)13)8(2)15-9-3-4-9/h5-6,8-9,15H,3-4H2,1-2H3. The Hall–Kier alpha value is -0.960. The molecule has 1 aromatic carbocycles. The maximum atomic E-state index is 13.5. The number of hydrogen-bond acceptors (Lipinski definition) is 1. The largest absolute Gasteiger partial charge is 0.307 e. The minimum Gasteiger partial charge on any atom is -0.307 e. The van der Waals surface area contributed by atoms with Crippen molar-refractivity contribution in [1.82, 2.24) is 5.32 Å². The fraction of sp³-hybridized carbons (Fsp3) is 0.500. The third kappa shape index (κ3) is 2.34. The first kappa shape index (κ1) is 10.6. The van der Waals surface area contributed by atoms with Gasteiger partial charge in [0.15, 0.2) is 0 Å². The Morgan fingerprint density at radius 3 is 2.53 bits per heavy atom. The molecule has 82 valence electrons. The maximum absolute atomic E-state index is 13.5. The van der Waals surface area contributed by atoms with Gasteiger partial charge < -0.3 is 5.32 Å². The first-order valence-corrected chi connectivity index (χ1v) is 5.29. The highest BCUT2D eigenvalue weighted by Gasteiger charge is 2.24. The molecule has 0 bridgehead atoms. The fourth-order valence-corrected chi connectivity index (χ4v) is 1.69. The Kier molecular flexibility index (Phi) is 2.74. The van der Waals surface area contributed by atoms with Gasteiger partial charge in [-0.3, -0.25) is 0 Å². The molecular weight excluding hydrogens is 196 g/mol. The molecule has 1 atom stereocenters. The summed E-state index contributed by atoms with van der Waals surface area (Å²) in [6.07, 6.45) is 2.28. The third-order valence-corrected chi connectivity index (χ3v) is 2.81. The third-order valence-electron chi connectivity index (χ3n) is 2.81. The van der Waals surface area contributed by atoms with Crippen molar-refractivity contribution in [2.45, 2.75) is 38.8 Å². The van der Waals surface area contributed by atoms with Gasteiger partial charge in [0.2, 0.25) is 0 Å². The van der Waals surface area contributed by atoms with Crippen LogP contribution in [0.4, 0.5) is 8.78 Å². The molecule has 1 fully saturated rings. The second-order valence-corrected chi connectivity index (χ2v) is 4.29. The lowest BCUT2D eigenvalue weighted by molar-refractivity contribution is 0.515. The molecule has 1 N–H and O–H groups in total. The van der Waals surface area contributed by atoms with Crippen LogP contribution in [0.15, 0.2) is 12.1 Å². The van der Waals surface area contributed by atoms with E-state index >= 15 is 0 Å². The van der Waals surface area contributed by atoms with Gasteiger partial charge in [-0.15, -0.1) is 0 Å². The van der Waals surface area contributed by atoms with E-state index in [9.17, 15) is 8.78 Å². The van der Waals surface area contributed by atoms with E-state index in [4.69, 9.17) is 0 Å². The van der Waals surface area contributed by atoms with Crippen LogP contribution in [0, 0.1) is 18.6 Å². The molecule has 1 aromatic rings. The van der Waals surface area contributed by atoms with Gasteiger partial charge >= 0.3 is 0 Å². The van der Waals surface area contributed by atoms with E-state index in [2.05, 4.69) is 5.32 Å². The summed E-state index contributed by atoms with van der Waals surface area (Å²) in [5, 5.41) is 3.25. The second-order valence-electron chi connectivity index (χ2n) is 4.29.